The van der Waals surface area contributed by atoms with Gasteiger partial charge in [0.2, 0.25) is 0 Å². The summed E-state index contributed by atoms with van der Waals surface area (Å²) in [7, 11) is 0. The minimum absolute atomic E-state index is 0.257. The van der Waals surface area contributed by atoms with Crippen LogP contribution < -0.4 is 0 Å². The molecular weight excluding hydrogens is 144 g/mol. The molecule has 0 saturated heterocycles. The monoisotopic (exact) mass is 154 g/mol. The van der Waals surface area contributed by atoms with E-state index in [0.29, 0.717) is 18.5 Å². The molecule has 1 aromatic heterocycles. The Labute approximate surface area is 64.6 Å². The molecule has 3 nitrogen and oxygen atoms in total. The zero-order valence-electron chi connectivity index (χ0n) is 6.28. The third kappa shape index (κ3) is 1.68. The number of furan rings is 1. The van der Waals surface area contributed by atoms with Gasteiger partial charge in [0.1, 0.15) is 11.9 Å². The molecule has 0 bridgehead atoms. The average molecular weight is 154 g/mol. The maximum atomic E-state index is 10.2. The van der Waals surface area contributed by atoms with E-state index < -0.39 is 6.10 Å². The minimum Gasteiger partial charge on any atom is -0.456 e. The van der Waals surface area contributed by atoms with Crippen LogP contribution in [-0.2, 0) is 0 Å². The molecule has 0 aliphatic carbocycles. The second-order valence-corrected chi connectivity index (χ2v) is 2.28. The smallest absolute Gasteiger partial charge is 0.185 e. The Morgan fingerprint density at radius 2 is 2.45 bits per heavy atom. The molecule has 1 atom stereocenters. The normalized spacial score (nSPS) is 12.9. The maximum Gasteiger partial charge on any atom is 0.185 e. The van der Waals surface area contributed by atoms with E-state index >= 15 is 0 Å². The predicted molar refractivity (Wildman–Crippen MR) is 39.3 cm³/mol. The van der Waals surface area contributed by atoms with Gasteiger partial charge in [-0.25, -0.2) is 0 Å². The third-order valence-corrected chi connectivity index (χ3v) is 1.48. The van der Waals surface area contributed by atoms with E-state index in [2.05, 4.69) is 0 Å². The molecule has 0 amide bonds. The third-order valence-electron chi connectivity index (χ3n) is 1.48. The number of aliphatic hydroxyl groups is 1. The summed E-state index contributed by atoms with van der Waals surface area (Å²) < 4.78 is 4.97. The Morgan fingerprint density at radius 3 is 2.91 bits per heavy atom. The van der Waals surface area contributed by atoms with Gasteiger partial charge in [-0.1, -0.05) is 6.92 Å². The molecule has 0 aromatic carbocycles. The molecule has 0 fully saturated rings. The summed E-state index contributed by atoms with van der Waals surface area (Å²) in [6, 6.07) is 3.15. The van der Waals surface area contributed by atoms with Gasteiger partial charge in [0.05, 0.1) is 0 Å². The van der Waals surface area contributed by atoms with Crippen LogP contribution in [-0.4, -0.2) is 11.4 Å². The van der Waals surface area contributed by atoms with Gasteiger partial charge in [-0.15, -0.1) is 0 Å². The lowest BCUT2D eigenvalue weighted by Gasteiger charge is -2.00. The van der Waals surface area contributed by atoms with Crippen molar-refractivity contribution >= 4 is 6.29 Å². The largest absolute Gasteiger partial charge is 0.456 e. The van der Waals surface area contributed by atoms with Crippen LogP contribution in [0.4, 0.5) is 0 Å². The Morgan fingerprint density at radius 1 is 1.73 bits per heavy atom. The minimum atomic E-state index is -0.594. The summed E-state index contributed by atoms with van der Waals surface area (Å²) >= 11 is 0. The zero-order chi connectivity index (χ0) is 8.27. The molecule has 0 saturated carbocycles. The first-order valence-electron chi connectivity index (χ1n) is 3.51. The second-order valence-electron chi connectivity index (χ2n) is 2.28. The van der Waals surface area contributed by atoms with Crippen LogP contribution in [0.5, 0.6) is 0 Å². The summed E-state index contributed by atoms with van der Waals surface area (Å²) in [6.07, 6.45) is 0.612. The van der Waals surface area contributed by atoms with E-state index in [9.17, 15) is 9.90 Å². The molecule has 0 radical (unpaired) electrons. The van der Waals surface area contributed by atoms with Crippen LogP contribution in [0.25, 0.3) is 0 Å². The predicted octanol–water partition coefficient (Wildman–Crippen LogP) is 1.54. The van der Waals surface area contributed by atoms with Crippen LogP contribution in [0.2, 0.25) is 0 Å². The van der Waals surface area contributed by atoms with Crippen molar-refractivity contribution < 1.29 is 14.3 Å². The first kappa shape index (κ1) is 8.01. The molecular formula is C8H10O3. The molecule has 0 aliphatic rings. The molecule has 0 aliphatic heterocycles. The van der Waals surface area contributed by atoms with Gasteiger partial charge in [0, 0.05) is 0 Å². The van der Waals surface area contributed by atoms with Gasteiger partial charge in [-0.05, 0) is 18.6 Å². The molecule has 11 heavy (non-hydrogen) atoms. The molecule has 1 heterocycles. The Kier molecular flexibility index (Phi) is 2.44. The van der Waals surface area contributed by atoms with Crippen molar-refractivity contribution in [2.75, 3.05) is 0 Å². The topological polar surface area (TPSA) is 50.4 Å². The van der Waals surface area contributed by atoms with Crippen LogP contribution >= 0.6 is 0 Å². The molecule has 1 aromatic rings. The fourth-order valence-electron chi connectivity index (χ4n) is 0.812. The van der Waals surface area contributed by atoms with Crippen molar-refractivity contribution in [1.82, 2.24) is 0 Å². The highest BCUT2D eigenvalue weighted by atomic mass is 16.4. The molecule has 0 spiro atoms. The standard InChI is InChI=1S/C8H10O3/c1-2-7(10)8-4-3-6(5-9)11-8/h3-5,7,10H,2H2,1H3. The van der Waals surface area contributed by atoms with Crippen LogP contribution in [0, 0.1) is 0 Å². The first-order chi connectivity index (χ1) is 5.27. The molecule has 1 unspecified atom stereocenters. The summed E-state index contributed by atoms with van der Waals surface area (Å²) in [4.78, 5) is 10.2. The van der Waals surface area contributed by atoms with Crippen LogP contribution in [0.15, 0.2) is 16.5 Å². The van der Waals surface area contributed by atoms with Gasteiger partial charge >= 0.3 is 0 Å². The summed E-state index contributed by atoms with van der Waals surface area (Å²) in [5, 5.41) is 9.23. The van der Waals surface area contributed by atoms with Crippen molar-refractivity contribution in [1.29, 1.82) is 0 Å². The lowest BCUT2D eigenvalue weighted by Crippen LogP contribution is -1.91. The van der Waals surface area contributed by atoms with Gasteiger partial charge in [-0.2, -0.15) is 0 Å². The zero-order valence-corrected chi connectivity index (χ0v) is 6.28. The Hall–Kier alpha value is -1.09. The van der Waals surface area contributed by atoms with E-state index in [1.54, 1.807) is 12.1 Å². The quantitative estimate of drug-likeness (QED) is 0.672. The molecule has 1 rings (SSSR count). The molecule has 1 N–H and O–H groups in total. The van der Waals surface area contributed by atoms with Crippen LogP contribution in [0.3, 0.4) is 0 Å². The lowest BCUT2D eigenvalue weighted by molar-refractivity contribution is 0.108. The van der Waals surface area contributed by atoms with Gasteiger partial charge in [0.15, 0.2) is 12.0 Å². The van der Waals surface area contributed by atoms with E-state index in [-0.39, 0.29) is 5.76 Å². The maximum absolute atomic E-state index is 10.2. The van der Waals surface area contributed by atoms with Crippen molar-refractivity contribution in [2.24, 2.45) is 0 Å². The number of carbonyl (C=O) groups excluding carboxylic acids is 1. The van der Waals surface area contributed by atoms with Crippen molar-refractivity contribution in [3.05, 3.63) is 23.7 Å². The van der Waals surface area contributed by atoms with E-state index in [0.717, 1.165) is 0 Å². The van der Waals surface area contributed by atoms with Gasteiger partial charge < -0.3 is 9.52 Å². The highest BCUT2D eigenvalue weighted by Crippen LogP contribution is 2.17. The number of aldehydes is 1. The fraction of sp³-hybridized carbons (Fsp3) is 0.375. The van der Waals surface area contributed by atoms with Crippen molar-refractivity contribution in [2.45, 2.75) is 19.4 Å². The van der Waals surface area contributed by atoms with Crippen LogP contribution in [0.1, 0.15) is 35.8 Å². The number of hydrogen-bond donors (Lipinski definition) is 1. The van der Waals surface area contributed by atoms with E-state index in [1.165, 1.54) is 0 Å². The summed E-state index contributed by atoms with van der Waals surface area (Å²) in [5.41, 5.74) is 0. The molecule has 60 valence electrons. The van der Waals surface area contributed by atoms with Gasteiger partial charge in [0.25, 0.3) is 0 Å². The summed E-state index contributed by atoms with van der Waals surface area (Å²) in [5.74, 6) is 0.710. The fourth-order valence-corrected chi connectivity index (χ4v) is 0.812. The number of rotatable bonds is 3. The number of hydrogen-bond acceptors (Lipinski definition) is 3. The van der Waals surface area contributed by atoms with E-state index in [1.807, 2.05) is 6.92 Å². The summed E-state index contributed by atoms with van der Waals surface area (Å²) in [6.45, 7) is 1.84. The van der Waals surface area contributed by atoms with E-state index in [4.69, 9.17) is 4.42 Å². The number of aliphatic hydroxyl groups excluding tert-OH is 1. The van der Waals surface area contributed by atoms with Gasteiger partial charge in [-0.3, -0.25) is 4.79 Å². The van der Waals surface area contributed by atoms with Crippen molar-refractivity contribution in [3.63, 3.8) is 0 Å². The SMILES string of the molecule is CCC(O)c1ccc(C=O)o1. The van der Waals surface area contributed by atoms with Crippen molar-refractivity contribution in [3.8, 4) is 0 Å². The molecule has 3 heteroatoms. The Balaban J connectivity index is 2.79. The average Bonchev–Trinajstić information content (AvgIpc) is 2.50. The first-order valence-corrected chi connectivity index (χ1v) is 3.51. The highest BCUT2D eigenvalue weighted by molar-refractivity contribution is 5.70. The Bertz CT molecular complexity index is 239. The second kappa shape index (κ2) is 3.34. The highest BCUT2D eigenvalue weighted by Gasteiger charge is 2.08. The lowest BCUT2D eigenvalue weighted by atomic mass is 10.2. The number of carbonyl (C=O) groups is 1.